The van der Waals surface area contributed by atoms with E-state index in [0.717, 1.165) is 5.84 Å². The third kappa shape index (κ3) is 2.37. The lowest BCUT2D eigenvalue weighted by molar-refractivity contribution is 0.562. The normalized spacial score (nSPS) is 18.3. The molecule has 0 radical (unpaired) electrons. The van der Waals surface area contributed by atoms with Gasteiger partial charge < -0.3 is 5.73 Å². The number of amidine groups is 1. The van der Waals surface area contributed by atoms with Gasteiger partial charge in [0, 0.05) is 11.7 Å². The Morgan fingerprint density at radius 3 is 2.46 bits per heavy atom. The van der Waals surface area contributed by atoms with Gasteiger partial charge >= 0.3 is 0 Å². The highest BCUT2D eigenvalue weighted by molar-refractivity contribution is 7.96. The van der Waals surface area contributed by atoms with Crippen LogP contribution in [0.4, 0.5) is 0 Å². The van der Waals surface area contributed by atoms with E-state index >= 15 is 0 Å². The van der Waals surface area contributed by atoms with Crippen LogP contribution in [-0.2, 0) is 0 Å². The summed E-state index contributed by atoms with van der Waals surface area (Å²) in [4.78, 5) is 8.61. The number of nitrogens with zero attached hydrogens (tertiary/aromatic N) is 3. The van der Waals surface area contributed by atoms with Crippen molar-refractivity contribution >= 4 is 23.7 Å². The summed E-state index contributed by atoms with van der Waals surface area (Å²) in [5.74, 6) is 1.38. The number of nitrogens with two attached hydrogens (primary N) is 1. The lowest BCUT2D eigenvalue weighted by Crippen LogP contribution is -2.38. The summed E-state index contributed by atoms with van der Waals surface area (Å²) < 4.78 is 1.86. The molecule has 0 amide bonds. The van der Waals surface area contributed by atoms with Gasteiger partial charge in [0.2, 0.25) is 5.96 Å². The van der Waals surface area contributed by atoms with Gasteiger partial charge in [-0.3, -0.25) is 4.31 Å². The van der Waals surface area contributed by atoms with Crippen LogP contribution in [0.3, 0.4) is 0 Å². The van der Waals surface area contributed by atoms with Crippen LogP contribution in [-0.4, -0.2) is 29.0 Å². The number of aliphatic imine (C=N–C) groups is 2. The molecule has 1 heterocycles. The number of hydrogen-bond donors (Lipinski definition) is 1. The Morgan fingerprint density at radius 1 is 1.46 bits per heavy atom. The van der Waals surface area contributed by atoms with Gasteiger partial charge in [-0.15, -0.1) is 0 Å². The molecular formula is C8H16N4S. The highest BCUT2D eigenvalue weighted by Gasteiger charge is 2.23. The van der Waals surface area contributed by atoms with E-state index in [9.17, 15) is 0 Å². The zero-order valence-corrected chi connectivity index (χ0v) is 9.35. The summed E-state index contributed by atoms with van der Waals surface area (Å²) in [7, 11) is 0. The molecule has 0 aliphatic carbocycles. The smallest absolute Gasteiger partial charge is 0.209 e. The zero-order chi connectivity index (χ0) is 10.1. The summed E-state index contributed by atoms with van der Waals surface area (Å²) in [6, 6.07) is 0. The summed E-state index contributed by atoms with van der Waals surface area (Å²) in [6.07, 6.45) is 1.96. The first-order valence-electron chi connectivity index (χ1n) is 4.16. The van der Waals surface area contributed by atoms with Gasteiger partial charge in [0.25, 0.3) is 0 Å². The van der Waals surface area contributed by atoms with E-state index in [0.29, 0.717) is 12.6 Å². The Bertz CT molecular complexity index is 251. The Kier molecular flexibility index (Phi) is 2.85. The maximum atomic E-state index is 5.75. The van der Waals surface area contributed by atoms with Crippen molar-refractivity contribution in [2.75, 3.05) is 12.9 Å². The van der Waals surface area contributed by atoms with Crippen molar-refractivity contribution < 1.29 is 0 Å². The van der Waals surface area contributed by atoms with Gasteiger partial charge in [-0.25, -0.2) is 4.99 Å². The quantitative estimate of drug-likeness (QED) is 0.649. The third-order valence-electron chi connectivity index (χ3n) is 1.72. The molecule has 0 aromatic carbocycles. The molecule has 0 fully saturated rings. The molecule has 5 heteroatoms. The van der Waals surface area contributed by atoms with Gasteiger partial charge in [-0.05, 0) is 11.9 Å². The molecule has 0 aromatic rings. The summed E-state index contributed by atoms with van der Waals surface area (Å²) >= 11 is 1.54. The van der Waals surface area contributed by atoms with Crippen LogP contribution in [0.1, 0.15) is 20.8 Å². The fourth-order valence-electron chi connectivity index (χ4n) is 0.959. The van der Waals surface area contributed by atoms with Crippen LogP contribution < -0.4 is 5.73 Å². The molecule has 74 valence electrons. The minimum Gasteiger partial charge on any atom is -0.369 e. The number of hydrogen-bond acceptors (Lipinski definition) is 5. The van der Waals surface area contributed by atoms with Crippen LogP contribution in [0, 0.1) is 5.41 Å². The van der Waals surface area contributed by atoms with Crippen molar-refractivity contribution in [3.8, 4) is 0 Å². The molecule has 0 spiro atoms. The van der Waals surface area contributed by atoms with Gasteiger partial charge in [-0.2, -0.15) is 4.99 Å². The van der Waals surface area contributed by atoms with E-state index in [2.05, 4.69) is 30.8 Å². The zero-order valence-electron chi connectivity index (χ0n) is 8.53. The predicted octanol–water partition coefficient (Wildman–Crippen LogP) is 1.30. The average molecular weight is 200 g/mol. The molecule has 0 atom stereocenters. The van der Waals surface area contributed by atoms with Crippen molar-refractivity contribution in [3.63, 3.8) is 0 Å². The second-order valence-corrected chi connectivity index (χ2v) is 4.71. The van der Waals surface area contributed by atoms with Gasteiger partial charge in [0.05, 0.1) is 0 Å². The second-order valence-electron chi connectivity index (χ2n) is 3.90. The Balaban J connectivity index is 2.81. The second kappa shape index (κ2) is 3.57. The molecule has 2 N–H and O–H groups in total. The average Bonchev–Trinajstić information content (AvgIpc) is 2.02. The van der Waals surface area contributed by atoms with Gasteiger partial charge in [-0.1, -0.05) is 20.8 Å². The largest absolute Gasteiger partial charge is 0.369 e. The summed E-state index contributed by atoms with van der Waals surface area (Å²) in [6.45, 7) is 6.84. The number of guanidine groups is 1. The maximum absolute atomic E-state index is 5.75. The minimum absolute atomic E-state index is 0.0187. The molecule has 0 saturated carbocycles. The molecule has 0 unspecified atom stereocenters. The van der Waals surface area contributed by atoms with Crippen molar-refractivity contribution in [3.05, 3.63) is 0 Å². The van der Waals surface area contributed by atoms with E-state index in [-0.39, 0.29) is 5.41 Å². The van der Waals surface area contributed by atoms with Crippen LogP contribution in [0.2, 0.25) is 0 Å². The van der Waals surface area contributed by atoms with E-state index in [1.165, 1.54) is 11.9 Å². The standard InChI is InChI=1S/C8H16N4S/c1-8(2,3)6-10-5-12(13-4)7(9)11-6/h5H2,1-4H3,(H2,9,10,11). The van der Waals surface area contributed by atoms with Gasteiger partial charge in [0.1, 0.15) is 12.5 Å². The monoisotopic (exact) mass is 200 g/mol. The van der Waals surface area contributed by atoms with Crippen LogP contribution >= 0.6 is 11.9 Å². The van der Waals surface area contributed by atoms with Gasteiger partial charge in [0.15, 0.2) is 0 Å². The first-order chi connectivity index (χ1) is 5.95. The lowest BCUT2D eigenvalue weighted by atomic mass is 9.95. The van der Waals surface area contributed by atoms with E-state index < -0.39 is 0 Å². The van der Waals surface area contributed by atoms with Crippen LogP contribution in [0.25, 0.3) is 0 Å². The topological polar surface area (TPSA) is 54.0 Å². The van der Waals surface area contributed by atoms with Crippen LogP contribution in [0.5, 0.6) is 0 Å². The summed E-state index contributed by atoms with van der Waals surface area (Å²) in [5, 5.41) is 0. The lowest BCUT2D eigenvalue weighted by Gasteiger charge is -2.26. The molecule has 4 nitrogen and oxygen atoms in total. The first kappa shape index (κ1) is 10.4. The summed E-state index contributed by atoms with van der Waals surface area (Å²) in [5.41, 5.74) is 5.73. The highest BCUT2D eigenvalue weighted by Crippen LogP contribution is 2.20. The van der Waals surface area contributed by atoms with Crippen molar-refractivity contribution in [2.24, 2.45) is 21.1 Å². The number of rotatable bonds is 1. The molecule has 0 bridgehead atoms. The van der Waals surface area contributed by atoms with Crippen molar-refractivity contribution in [1.29, 1.82) is 0 Å². The Hall–Kier alpha value is -0.710. The van der Waals surface area contributed by atoms with E-state index in [1.54, 1.807) is 0 Å². The maximum Gasteiger partial charge on any atom is 0.209 e. The van der Waals surface area contributed by atoms with Crippen LogP contribution in [0.15, 0.2) is 9.98 Å². The highest BCUT2D eigenvalue weighted by atomic mass is 32.2. The fraction of sp³-hybridized carbons (Fsp3) is 0.750. The minimum atomic E-state index is -0.0187. The Morgan fingerprint density at radius 2 is 2.08 bits per heavy atom. The van der Waals surface area contributed by atoms with E-state index in [4.69, 9.17) is 5.73 Å². The SMILES string of the molecule is CSN1CN=C(C(C)(C)C)N=C1N. The molecule has 0 aromatic heterocycles. The molecule has 1 aliphatic rings. The molecule has 0 saturated heterocycles. The molecule has 1 aliphatic heterocycles. The van der Waals surface area contributed by atoms with Crippen molar-refractivity contribution in [2.45, 2.75) is 20.8 Å². The Labute approximate surface area is 83.4 Å². The molecule has 13 heavy (non-hydrogen) atoms. The van der Waals surface area contributed by atoms with Crippen molar-refractivity contribution in [1.82, 2.24) is 4.31 Å². The van der Waals surface area contributed by atoms with E-state index in [1.807, 2.05) is 10.6 Å². The predicted molar refractivity (Wildman–Crippen MR) is 58.7 cm³/mol. The first-order valence-corrected chi connectivity index (χ1v) is 5.34. The fourth-order valence-corrected chi connectivity index (χ4v) is 1.36. The molecular weight excluding hydrogens is 184 g/mol. The molecule has 1 rings (SSSR count). The third-order valence-corrected chi connectivity index (χ3v) is 2.46.